The van der Waals surface area contributed by atoms with Crippen molar-refractivity contribution in [3.05, 3.63) is 0 Å². The Morgan fingerprint density at radius 3 is 1.70 bits per heavy atom. The van der Waals surface area contributed by atoms with Crippen molar-refractivity contribution in [1.82, 2.24) is 0 Å². The summed E-state index contributed by atoms with van der Waals surface area (Å²) in [4.78, 5) is 50.4. The number of cyclic esters (lactones) is 4. The van der Waals surface area contributed by atoms with Gasteiger partial charge in [0.05, 0.1) is 31.7 Å². The van der Waals surface area contributed by atoms with Crippen molar-refractivity contribution in [2.75, 3.05) is 0 Å². The lowest BCUT2D eigenvalue weighted by Crippen LogP contribution is -2.65. The first-order valence-corrected chi connectivity index (χ1v) is 21.9. The first-order valence-electron chi connectivity index (χ1n) is 15.9. The zero-order valence-corrected chi connectivity index (χ0v) is 27.6. The van der Waals surface area contributed by atoms with Crippen LogP contribution >= 0.6 is 0 Å². The SMILES string of the molecule is CCC(C)(C1CC2CC1C1C(=O)OC(=O)C21)[Si](C)(C)OC(CC)(CC)[Si](C)(C)C1CC2CC1C1C(=O)OC(=O)C21. The molecule has 4 bridgehead atoms. The number of esters is 4. The molecule has 6 aliphatic rings. The highest BCUT2D eigenvalue weighted by molar-refractivity contribution is 6.83. The van der Waals surface area contributed by atoms with Gasteiger partial charge in [0, 0.05) is 5.22 Å². The smallest absolute Gasteiger partial charge is 0.317 e. The molecule has 2 aliphatic heterocycles. The zero-order valence-electron chi connectivity index (χ0n) is 25.6. The van der Waals surface area contributed by atoms with Crippen LogP contribution in [0.4, 0.5) is 0 Å². The van der Waals surface area contributed by atoms with Crippen molar-refractivity contribution in [3.63, 3.8) is 0 Å². The Hall–Kier alpha value is -1.33. The van der Waals surface area contributed by atoms with E-state index < -0.39 is 16.4 Å². The van der Waals surface area contributed by atoms with Crippen LogP contribution in [0.2, 0.25) is 36.8 Å². The molecular formula is C31H48O7Si2. The van der Waals surface area contributed by atoms with E-state index in [9.17, 15) is 19.2 Å². The predicted molar refractivity (Wildman–Crippen MR) is 154 cm³/mol. The topological polar surface area (TPSA) is 96.0 Å². The summed E-state index contributed by atoms with van der Waals surface area (Å²) in [6.45, 7) is 19.0. The molecule has 6 fully saturated rings. The molecule has 0 aromatic carbocycles. The maximum Gasteiger partial charge on any atom is 0.317 e. The molecule has 11 atom stereocenters. The standard InChI is InChI=1S/C31H48O7Si2/c1-9-30(4,20-14-16-12-18(20)24-22(16)26(32)36-28(24)34)40(7,8)38-31(10-2,11-3)39(5,6)21-15-17-13-19(21)25-23(17)27(33)37-29(25)35/h16-25H,9-15H2,1-8H3. The summed E-state index contributed by atoms with van der Waals surface area (Å²) in [6.07, 6.45) is 6.78. The van der Waals surface area contributed by atoms with Crippen LogP contribution < -0.4 is 0 Å². The average molecular weight is 589 g/mol. The van der Waals surface area contributed by atoms with Gasteiger partial charge in [-0.25, -0.2) is 0 Å². The summed E-state index contributed by atoms with van der Waals surface area (Å²) in [5, 5.41) is -0.288. The molecule has 9 heteroatoms. The number of rotatable bonds is 9. The van der Waals surface area contributed by atoms with Gasteiger partial charge in [0.15, 0.2) is 8.32 Å². The Bertz CT molecular complexity index is 1140. The monoisotopic (exact) mass is 588 g/mol. The summed E-state index contributed by atoms with van der Waals surface area (Å²) in [5.74, 6) is -0.850. The third kappa shape index (κ3) is 3.49. The summed E-state index contributed by atoms with van der Waals surface area (Å²) in [5.41, 5.74) is 0.428. The molecule has 0 spiro atoms. The van der Waals surface area contributed by atoms with Crippen molar-refractivity contribution in [3.8, 4) is 0 Å². The highest BCUT2D eigenvalue weighted by Gasteiger charge is 2.70. The molecule has 7 nitrogen and oxygen atoms in total. The molecule has 0 N–H and O–H groups in total. The quantitative estimate of drug-likeness (QED) is 0.188. The van der Waals surface area contributed by atoms with Gasteiger partial charge in [0.2, 0.25) is 0 Å². The first-order chi connectivity index (χ1) is 18.7. The Balaban J connectivity index is 1.29. The van der Waals surface area contributed by atoms with Crippen molar-refractivity contribution in [2.45, 2.75) is 115 Å². The Kier molecular flexibility index (Phi) is 6.54. The van der Waals surface area contributed by atoms with Crippen molar-refractivity contribution in [2.24, 2.45) is 53.3 Å². The zero-order chi connectivity index (χ0) is 29.2. The molecule has 0 aromatic rings. The van der Waals surface area contributed by atoms with Gasteiger partial charge in [-0.1, -0.05) is 47.2 Å². The van der Waals surface area contributed by atoms with Crippen LogP contribution in [0.3, 0.4) is 0 Å². The molecule has 6 rings (SSSR count). The minimum Gasteiger partial charge on any atom is -0.414 e. The van der Waals surface area contributed by atoms with Gasteiger partial charge >= 0.3 is 23.9 Å². The van der Waals surface area contributed by atoms with Gasteiger partial charge in [-0.05, 0) is 91.8 Å². The highest BCUT2D eigenvalue weighted by atomic mass is 28.4. The molecule has 4 saturated carbocycles. The number of carbonyl (C=O) groups is 4. The minimum absolute atomic E-state index is 0.0508. The van der Waals surface area contributed by atoms with E-state index in [-0.39, 0.29) is 81.5 Å². The summed E-state index contributed by atoms with van der Waals surface area (Å²) in [7, 11) is -4.54. The van der Waals surface area contributed by atoms with Gasteiger partial charge in [-0.2, -0.15) is 0 Å². The van der Waals surface area contributed by atoms with Crippen molar-refractivity contribution in [1.29, 1.82) is 0 Å². The fourth-order valence-electron chi connectivity index (χ4n) is 11.6. The first kappa shape index (κ1) is 28.8. The van der Waals surface area contributed by atoms with Gasteiger partial charge in [-0.3, -0.25) is 19.2 Å². The van der Waals surface area contributed by atoms with E-state index >= 15 is 0 Å². The second-order valence-corrected chi connectivity index (χ2v) is 24.9. The van der Waals surface area contributed by atoms with E-state index in [1.807, 2.05) is 0 Å². The molecule has 222 valence electrons. The normalized spacial score (nSPS) is 41.8. The summed E-state index contributed by atoms with van der Waals surface area (Å²) in [6, 6.07) is 0. The number of hydrogen-bond acceptors (Lipinski definition) is 7. The molecule has 0 aromatic heterocycles. The Labute approximate surface area is 241 Å². The lowest BCUT2D eigenvalue weighted by Gasteiger charge is -2.58. The Morgan fingerprint density at radius 1 is 0.700 bits per heavy atom. The van der Waals surface area contributed by atoms with E-state index in [2.05, 4.69) is 53.9 Å². The van der Waals surface area contributed by atoms with E-state index in [4.69, 9.17) is 13.9 Å². The molecule has 2 heterocycles. The van der Waals surface area contributed by atoms with Crippen LogP contribution in [0.5, 0.6) is 0 Å². The number of hydrogen-bond donors (Lipinski definition) is 0. The fourth-order valence-corrected chi connectivity index (χ4v) is 21.8. The molecule has 4 aliphatic carbocycles. The van der Waals surface area contributed by atoms with Gasteiger partial charge in [0.25, 0.3) is 0 Å². The summed E-state index contributed by atoms with van der Waals surface area (Å²) < 4.78 is 18.0. The van der Waals surface area contributed by atoms with Crippen LogP contribution in [0.15, 0.2) is 0 Å². The minimum atomic E-state index is -2.40. The third-order valence-electron chi connectivity index (χ3n) is 14.1. The second-order valence-electron chi connectivity index (χ2n) is 15.4. The van der Waals surface area contributed by atoms with E-state index in [0.717, 1.165) is 44.9 Å². The van der Waals surface area contributed by atoms with E-state index in [0.29, 0.717) is 11.5 Å². The molecule has 0 amide bonds. The molecule has 0 radical (unpaired) electrons. The van der Waals surface area contributed by atoms with E-state index in [1.54, 1.807) is 0 Å². The van der Waals surface area contributed by atoms with Crippen LogP contribution in [-0.2, 0) is 33.1 Å². The Morgan fingerprint density at radius 2 is 1.18 bits per heavy atom. The fraction of sp³-hybridized carbons (Fsp3) is 0.871. The van der Waals surface area contributed by atoms with E-state index in [1.165, 1.54) is 0 Å². The van der Waals surface area contributed by atoms with Gasteiger partial charge < -0.3 is 13.9 Å². The van der Waals surface area contributed by atoms with Gasteiger partial charge in [0.1, 0.15) is 0 Å². The van der Waals surface area contributed by atoms with Crippen LogP contribution in [-0.4, -0.2) is 45.5 Å². The number of fused-ring (bicyclic) bond motifs is 10. The number of carbonyl (C=O) groups excluding carboxylic acids is 4. The molecule has 2 saturated heterocycles. The largest absolute Gasteiger partial charge is 0.414 e. The third-order valence-corrected chi connectivity index (χ3v) is 24.4. The highest BCUT2D eigenvalue weighted by Crippen LogP contribution is 2.69. The average Bonchev–Trinajstić information content (AvgIpc) is 3.73. The second kappa shape index (κ2) is 9.09. The lowest BCUT2D eigenvalue weighted by atomic mass is 9.70. The predicted octanol–water partition coefficient (Wildman–Crippen LogP) is 5.88. The van der Waals surface area contributed by atoms with Crippen molar-refractivity contribution < 1.29 is 33.1 Å². The number of ether oxygens (including phenoxy) is 2. The molecule has 11 unspecified atom stereocenters. The van der Waals surface area contributed by atoms with Gasteiger partial charge in [-0.15, -0.1) is 0 Å². The van der Waals surface area contributed by atoms with Crippen molar-refractivity contribution >= 4 is 40.3 Å². The maximum absolute atomic E-state index is 12.7. The summed E-state index contributed by atoms with van der Waals surface area (Å²) >= 11 is 0. The molecular weight excluding hydrogens is 541 g/mol. The lowest BCUT2D eigenvalue weighted by molar-refractivity contribution is -0.156. The van der Waals surface area contributed by atoms with Crippen LogP contribution in [0, 0.1) is 53.3 Å². The maximum atomic E-state index is 12.7. The molecule has 40 heavy (non-hydrogen) atoms. The van der Waals surface area contributed by atoms with Crippen LogP contribution in [0.25, 0.3) is 0 Å². The van der Waals surface area contributed by atoms with Crippen LogP contribution in [0.1, 0.15) is 72.6 Å².